The van der Waals surface area contributed by atoms with Gasteiger partial charge in [-0.2, -0.15) is 0 Å². The number of rotatable bonds is 5. The molecule has 0 amide bonds. The minimum atomic E-state index is 0.511. The van der Waals surface area contributed by atoms with E-state index in [2.05, 4.69) is 17.2 Å². The molecule has 3 rings (SSSR count). The average Bonchev–Trinajstić information content (AvgIpc) is 3.08. The molecule has 1 aromatic carbocycles. The van der Waals surface area contributed by atoms with Crippen LogP contribution in [0.15, 0.2) is 36.9 Å². The van der Waals surface area contributed by atoms with E-state index in [0.717, 1.165) is 23.3 Å². The highest BCUT2D eigenvalue weighted by Crippen LogP contribution is 2.44. The number of nitrogens with one attached hydrogen (secondary N) is 2. The molecule has 0 heterocycles. The summed E-state index contributed by atoms with van der Waals surface area (Å²) in [6.07, 6.45) is 7.16. The van der Waals surface area contributed by atoms with Crippen molar-refractivity contribution in [1.29, 1.82) is 0 Å². The first kappa shape index (κ1) is 14.4. The van der Waals surface area contributed by atoms with Gasteiger partial charge in [0.2, 0.25) is 0 Å². The molecule has 3 nitrogen and oxygen atoms in total. The fourth-order valence-corrected chi connectivity index (χ4v) is 3.85. The van der Waals surface area contributed by atoms with Gasteiger partial charge in [0.25, 0.3) is 0 Å². The predicted molar refractivity (Wildman–Crippen MR) is 90.7 cm³/mol. The Morgan fingerprint density at radius 2 is 2.29 bits per heavy atom. The smallest absolute Gasteiger partial charge is 0.171 e. The molecule has 2 bridgehead atoms. The molecule has 21 heavy (non-hydrogen) atoms. The van der Waals surface area contributed by atoms with Crippen LogP contribution < -0.4 is 15.4 Å². The van der Waals surface area contributed by atoms with Gasteiger partial charge in [-0.15, -0.1) is 0 Å². The molecular weight excluding hydrogens is 280 g/mol. The second kappa shape index (κ2) is 6.48. The third-order valence-corrected chi connectivity index (χ3v) is 4.73. The number of fused-ring (bicyclic) bond motifs is 2. The Bertz CT molecular complexity index is 531. The van der Waals surface area contributed by atoms with Gasteiger partial charge in [-0.1, -0.05) is 25.1 Å². The highest BCUT2D eigenvalue weighted by atomic mass is 32.1. The highest BCUT2D eigenvalue weighted by Gasteiger charge is 2.39. The predicted octanol–water partition coefficient (Wildman–Crippen LogP) is 3.73. The molecule has 2 N–H and O–H groups in total. The van der Waals surface area contributed by atoms with Gasteiger partial charge in [0.05, 0.1) is 0 Å². The SMILES string of the molecule is C=CCOc1cccc(NC(=S)N[C@@H]2C[C@@H]3CC[C@@H]2C3)c1. The van der Waals surface area contributed by atoms with Crippen LogP contribution in [0.3, 0.4) is 0 Å². The van der Waals surface area contributed by atoms with Gasteiger partial charge in [-0.05, 0) is 55.4 Å². The first-order valence-electron chi connectivity index (χ1n) is 7.66. The molecule has 0 unspecified atom stereocenters. The lowest BCUT2D eigenvalue weighted by Gasteiger charge is -2.24. The van der Waals surface area contributed by atoms with E-state index in [4.69, 9.17) is 17.0 Å². The topological polar surface area (TPSA) is 33.3 Å². The molecule has 2 aliphatic carbocycles. The number of hydrogen-bond donors (Lipinski definition) is 2. The standard InChI is InChI=1S/C17H22N2OS/c1-2-8-20-15-5-3-4-14(11-15)18-17(21)19-16-10-12-6-7-13(16)9-12/h2-5,11-13,16H,1,6-10H2,(H2,18,19,21)/t12-,13-,16-/m1/s1. The number of ether oxygens (including phenoxy) is 1. The fraction of sp³-hybridized carbons (Fsp3) is 0.471. The Hall–Kier alpha value is -1.55. The van der Waals surface area contributed by atoms with Crippen molar-refractivity contribution in [2.45, 2.75) is 31.7 Å². The van der Waals surface area contributed by atoms with Crippen LogP contribution >= 0.6 is 12.2 Å². The lowest BCUT2D eigenvalue weighted by atomic mass is 9.96. The first-order valence-corrected chi connectivity index (χ1v) is 8.06. The fourth-order valence-electron chi connectivity index (χ4n) is 3.58. The maximum Gasteiger partial charge on any atom is 0.171 e. The summed E-state index contributed by atoms with van der Waals surface area (Å²) in [5.74, 6) is 2.56. The van der Waals surface area contributed by atoms with E-state index in [1.165, 1.54) is 25.7 Å². The number of anilines is 1. The molecule has 0 spiro atoms. The van der Waals surface area contributed by atoms with Gasteiger partial charge in [0, 0.05) is 17.8 Å². The molecular formula is C17H22N2OS. The zero-order valence-electron chi connectivity index (χ0n) is 12.2. The first-order chi connectivity index (χ1) is 10.2. The summed E-state index contributed by atoms with van der Waals surface area (Å²) in [5.41, 5.74) is 0.956. The van der Waals surface area contributed by atoms with Gasteiger partial charge in [0.1, 0.15) is 12.4 Å². The maximum atomic E-state index is 5.53. The summed E-state index contributed by atoms with van der Waals surface area (Å²) in [7, 11) is 0. The summed E-state index contributed by atoms with van der Waals surface area (Å²) >= 11 is 5.44. The van der Waals surface area contributed by atoms with E-state index in [1.54, 1.807) is 6.08 Å². The van der Waals surface area contributed by atoms with Crippen LogP contribution in [0, 0.1) is 11.8 Å². The van der Waals surface area contributed by atoms with Gasteiger partial charge in [0.15, 0.2) is 5.11 Å². The Kier molecular flexibility index (Phi) is 4.44. The zero-order valence-corrected chi connectivity index (χ0v) is 13.0. The molecule has 3 atom stereocenters. The molecule has 2 saturated carbocycles. The van der Waals surface area contributed by atoms with Gasteiger partial charge in [-0.3, -0.25) is 0 Å². The van der Waals surface area contributed by atoms with Crippen molar-refractivity contribution < 1.29 is 4.74 Å². The second-order valence-electron chi connectivity index (χ2n) is 6.01. The molecule has 0 radical (unpaired) electrons. The Morgan fingerprint density at radius 3 is 3.00 bits per heavy atom. The molecule has 2 aliphatic rings. The minimum absolute atomic E-state index is 0.511. The Balaban J connectivity index is 1.53. The molecule has 1 aromatic rings. The largest absolute Gasteiger partial charge is 0.489 e. The van der Waals surface area contributed by atoms with E-state index >= 15 is 0 Å². The molecule has 0 aromatic heterocycles. The van der Waals surface area contributed by atoms with Crippen molar-refractivity contribution in [2.75, 3.05) is 11.9 Å². The molecule has 4 heteroatoms. The third-order valence-electron chi connectivity index (χ3n) is 4.51. The van der Waals surface area contributed by atoms with Crippen LogP contribution in [-0.4, -0.2) is 17.8 Å². The minimum Gasteiger partial charge on any atom is -0.489 e. The quantitative estimate of drug-likeness (QED) is 0.641. The van der Waals surface area contributed by atoms with E-state index in [1.807, 2.05) is 24.3 Å². The lowest BCUT2D eigenvalue weighted by Crippen LogP contribution is -2.40. The Morgan fingerprint density at radius 1 is 1.38 bits per heavy atom. The van der Waals surface area contributed by atoms with Gasteiger partial charge < -0.3 is 15.4 Å². The van der Waals surface area contributed by atoms with Gasteiger partial charge >= 0.3 is 0 Å². The lowest BCUT2D eigenvalue weighted by molar-refractivity contribution is 0.363. The monoisotopic (exact) mass is 302 g/mol. The zero-order chi connectivity index (χ0) is 14.7. The van der Waals surface area contributed by atoms with Crippen LogP contribution in [0.4, 0.5) is 5.69 Å². The second-order valence-corrected chi connectivity index (χ2v) is 6.42. The average molecular weight is 302 g/mol. The summed E-state index contributed by atoms with van der Waals surface area (Å²) < 4.78 is 5.53. The molecule has 0 saturated heterocycles. The van der Waals surface area contributed by atoms with E-state index in [9.17, 15) is 0 Å². The van der Waals surface area contributed by atoms with Crippen LogP contribution in [-0.2, 0) is 0 Å². The molecule has 0 aliphatic heterocycles. The molecule has 112 valence electrons. The van der Waals surface area contributed by atoms with Crippen molar-refractivity contribution in [3.63, 3.8) is 0 Å². The highest BCUT2D eigenvalue weighted by molar-refractivity contribution is 7.80. The number of benzene rings is 1. The van der Waals surface area contributed by atoms with Crippen LogP contribution in [0.2, 0.25) is 0 Å². The van der Waals surface area contributed by atoms with E-state index in [0.29, 0.717) is 17.8 Å². The maximum absolute atomic E-state index is 5.53. The Labute approximate surface area is 131 Å². The van der Waals surface area contributed by atoms with Crippen molar-refractivity contribution in [1.82, 2.24) is 5.32 Å². The summed E-state index contributed by atoms with van der Waals surface area (Å²) in [4.78, 5) is 0. The van der Waals surface area contributed by atoms with Crippen molar-refractivity contribution >= 4 is 23.0 Å². The van der Waals surface area contributed by atoms with Crippen LogP contribution in [0.25, 0.3) is 0 Å². The van der Waals surface area contributed by atoms with Crippen molar-refractivity contribution in [3.05, 3.63) is 36.9 Å². The van der Waals surface area contributed by atoms with E-state index < -0.39 is 0 Å². The van der Waals surface area contributed by atoms with Crippen LogP contribution in [0.5, 0.6) is 5.75 Å². The molecule has 2 fully saturated rings. The normalized spacial score (nSPS) is 26.4. The summed E-state index contributed by atoms with van der Waals surface area (Å²) in [5, 5.41) is 7.46. The van der Waals surface area contributed by atoms with Gasteiger partial charge in [-0.25, -0.2) is 0 Å². The van der Waals surface area contributed by atoms with Crippen molar-refractivity contribution in [3.8, 4) is 5.75 Å². The number of thiocarbonyl (C=S) groups is 1. The van der Waals surface area contributed by atoms with E-state index in [-0.39, 0.29) is 0 Å². The van der Waals surface area contributed by atoms with Crippen molar-refractivity contribution in [2.24, 2.45) is 11.8 Å². The summed E-state index contributed by atoms with van der Waals surface area (Å²) in [6.45, 7) is 4.16. The van der Waals surface area contributed by atoms with Crippen LogP contribution in [0.1, 0.15) is 25.7 Å². The number of hydrogen-bond acceptors (Lipinski definition) is 2. The third kappa shape index (κ3) is 3.56. The summed E-state index contributed by atoms with van der Waals surface area (Å²) in [6, 6.07) is 8.40.